The van der Waals surface area contributed by atoms with Crippen LogP contribution in [0.1, 0.15) is 13.3 Å². The monoisotopic (exact) mass is 288 g/mol. The molecule has 0 spiro atoms. The Hall–Kier alpha value is -1.14. The molecule has 0 radical (unpaired) electrons. The summed E-state index contributed by atoms with van der Waals surface area (Å²) < 4.78 is 0.619. The first kappa shape index (κ1) is 12.9. The molecule has 0 saturated carbocycles. The molecule has 0 fully saturated rings. The van der Waals surface area contributed by atoms with Gasteiger partial charge < -0.3 is 10.4 Å². The van der Waals surface area contributed by atoms with Crippen molar-refractivity contribution in [1.82, 2.24) is 0 Å². The molecule has 0 unspecified atom stereocenters. The first-order chi connectivity index (χ1) is 7.58. The lowest BCUT2D eigenvalue weighted by Gasteiger charge is -2.16. The molecule has 1 rings (SSSR count). The van der Waals surface area contributed by atoms with Crippen LogP contribution in [0.2, 0.25) is 0 Å². The minimum Gasteiger partial charge on any atom is -0.394 e. The van der Waals surface area contributed by atoms with E-state index in [2.05, 4.69) is 21.2 Å². The van der Waals surface area contributed by atoms with Crippen LogP contribution >= 0.6 is 15.9 Å². The zero-order chi connectivity index (χ0) is 12.1. The highest BCUT2D eigenvalue weighted by molar-refractivity contribution is 9.10. The Morgan fingerprint density at radius 3 is 2.75 bits per heavy atom. The minimum absolute atomic E-state index is 0.0277. The molecule has 0 heterocycles. The van der Waals surface area contributed by atoms with E-state index >= 15 is 0 Å². The molecule has 0 bridgehead atoms. The van der Waals surface area contributed by atoms with Crippen LogP contribution in [0.5, 0.6) is 0 Å². The van der Waals surface area contributed by atoms with Gasteiger partial charge in [-0.2, -0.15) is 0 Å². The van der Waals surface area contributed by atoms with E-state index in [4.69, 9.17) is 5.11 Å². The number of non-ortho nitro benzene ring substituents is 1. The molecule has 1 aromatic rings. The number of nitro groups is 1. The summed E-state index contributed by atoms with van der Waals surface area (Å²) in [5.41, 5.74) is 0.779. The normalized spacial score (nSPS) is 12.2. The van der Waals surface area contributed by atoms with E-state index in [1.807, 2.05) is 6.92 Å². The van der Waals surface area contributed by atoms with Gasteiger partial charge in [-0.25, -0.2) is 0 Å². The average Bonchev–Trinajstić information content (AvgIpc) is 2.27. The molecular weight excluding hydrogens is 276 g/mol. The van der Waals surface area contributed by atoms with E-state index in [0.717, 1.165) is 12.1 Å². The van der Waals surface area contributed by atoms with Crippen LogP contribution < -0.4 is 5.32 Å². The lowest BCUT2D eigenvalue weighted by Crippen LogP contribution is -2.22. The molecule has 0 saturated heterocycles. The van der Waals surface area contributed by atoms with Crippen molar-refractivity contribution >= 4 is 27.3 Å². The fourth-order valence-corrected chi connectivity index (χ4v) is 1.71. The second kappa shape index (κ2) is 5.81. The lowest BCUT2D eigenvalue weighted by atomic mass is 10.2. The molecule has 0 aliphatic heterocycles. The number of nitrogens with one attached hydrogen (secondary N) is 1. The van der Waals surface area contributed by atoms with E-state index in [1.54, 1.807) is 6.07 Å². The molecule has 16 heavy (non-hydrogen) atoms. The van der Waals surface area contributed by atoms with Crippen LogP contribution in [0.3, 0.4) is 0 Å². The number of aliphatic hydroxyl groups is 1. The topological polar surface area (TPSA) is 75.4 Å². The van der Waals surface area contributed by atoms with Crippen molar-refractivity contribution in [3.05, 3.63) is 32.8 Å². The van der Waals surface area contributed by atoms with Gasteiger partial charge in [0.1, 0.15) is 0 Å². The molecule has 5 nitrogen and oxygen atoms in total. The maximum absolute atomic E-state index is 10.5. The number of anilines is 1. The predicted octanol–water partition coefficient (Wildman–Crippen LogP) is 2.54. The van der Waals surface area contributed by atoms with Gasteiger partial charge in [-0.15, -0.1) is 0 Å². The summed E-state index contributed by atoms with van der Waals surface area (Å²) in [6.45, 7) is 1.98. The van der Waals surface area contributed by atoms with E-state index in [0.29, 0.717) is 4.47 Å². The van der Waals surface area contributed by atoms with Gasteiger partial charge in [0, 0.05) is 28.3 Å². The number of nitro benzene ring substituents is 1. The van der Waals surface area contributed by atoms with Crippen molar-refractivity contribution < 1.29 is 10.0 Å². The molecule has 1 atom stereocenters. The highest BCUT2D eigenvalue weighted by atomic mass is 79.9. The van der Waals surface area contributed by atoms with Gasteiger partial charge in [-0.3, -0.25) is 10.1 Å². The third-order valence-corrected chi connectivity index (χ3v) is 2.89. The summed E-state index contributed by atoms with van der Waals surface area (Å²) in [4.78, 5) is 10.1. The number of hydrogen-bond acceptors (Lipinski definition) is 4. The third-order valence-electron chi connectivity index (χ3n) is 2.24. The molecule has 2 N–H and O–H groups in total. The summed E-state index contributed by atoms with van der Waals surface area (Å²) in [6, 6.07) is 4.45. The summed E-state index contributed by atoms with van der Waals surface area (Å²) in [7, 11) is 0. The molecular formula is C10H13BrN2O3. The molecule has 1 aromatic carbocycles. The zero-order valence-electron chi connectivity index (χ0n) is 8.81. The summed E-state index contributed by atoms with van der Waals surface area (Å²) in [5.74, 6) is 0. The third kappa shape index (κ3) is 3.18. The smallest absolute Gasteiger partial charge is 0.270 e. The van der Waals surface area contributed by atoms with Crippen LogP contribution in [-0.4, -0.2) is 22.7 Å². The molecule has 88 valence electrons. The first-order valence-corrected chi connectivity index (χ1v) is 5.69. The van der Waals surface area contributed by atoms with E-state index < -0.39 is 4.92 Å². The van der Waals surface area contributed by atoms with Crippen molar-refractivity contribution in [2.75, 3.05) is 11.9 Å². The Labute approximate surface area is 102 Å². The Kier molecular flexibility index (Phi) is 4.70. The second-order valence-corrected chi connectivity index (χ2v) is 4.21. The summed E-state index contributed by atoms with van der Waals surface area (Å²) in [5, 5.41) is 22.7. The Bertz CT molecular complexity index is 380. The van der Waals surface area contributed by atoms with Crippen LogP contribution in [0, 0.1) is 10.1 Å². The number of aliphatic hydroxyl groups excluding tert-OH is 1. The van der Waals surface area contributed by atoms with Crippen molar-refractivity contribution in [2.24, 2.45) is 0 Å². The van der Waals surface area contributed by atoms with Gasteiger partial charge in [0.15, 0.2) is 0 Å². The van der Waals surface area contributed by atoms with Gasteiger partial charge in [0.25, 0.3) is 5.69 Å². The summed E-state index contributed by atoms with van der Waals surface area (Å²) in [6.07, 6.45) is 0.778. The van der Waals surface area contributed by atoms with E-state index in [1.165, 1.54) is 12.1 Å². The first-order valence-electron chi connectivity index (χ1n) is 4.89. The van der Waals surface area contributed by atoms with Crippen LogP contribution in [0.4, 0.5) is 11.4 Å². The fraction of sp³-hybridized carbons (Fsp3) is 0.400. The Morgan fingerprint density at radius 1 is 1.62 bits per heavy atom. The molecule has 6 heteroatoms. The number of hydrogen-bond donors (Lipinski definition) is 2. The van der Waals surface area contributed by atoms with Crippen LogP contribution in [0.25, 0.3) is 0 Å². The van der Waals surface area contributed by atoms with Crippen molar-refractivity contribution in [3.63, 3.8) is 0 Å². The molecule has 0 aliphatic carbocycles. The highest BCUT2D eigenvalue weighted by Gasteiger charge is 2.11. The van der Waals surface area contributed by atoms with Crippen LogP contribution in [0.15, 0.2) is 22.7 Å². The highest BCUT2D eigenvalue weighted by Crippen LogP contribution is 2.27. The molecule has 0 aliphatic rings. The van der Waals surface area contributed by atoms with Crippen LogP contribution in [-0.2, 0) is 0 Å². The van der Waals surface area contributed by atoms with Crippen molar-refractivity contribution in [1.29, 1.82) is 0 Å². The zero-order valence-corrected chi connectivity index (χ0v) is 10.4. The summed E-state index contributed by atoms with van der Waals surface area (Å²) >= 11 is 3.25. The predicted molar refractivity (Wildman–Crippen MR) is 65.6 cm³/mol. The minimum atomic E-state index is -0.447. The van der Waals surface area contributed by atoms with Gasteiger partial charge in [0.05, 0.1) is 11.5 Å². The standard InChI is InChI=1S/C10H13BrN2O3/c1-2-7(6-14)12-10-4-3-8(13(15)16)5-9(10)11/h3-5,7,12,14H,2,6H2,1H3/t7-/m0/s1. The van der Waals surface area contributed by atoms with Gasteiger partial charge >= 0.3 is 0 Å². The van der Waals surface area contributed by atoms with Gasteiger partial charge in [0.2, 0.25) is 0 Å². The SMILES string of the molecule is CC[C@@H](CO)Nc1ccc([N+](=O)[O-])cc1Br. The lowest BCUT2D eigenvalue weighted by molar-refractivity contribution is -0.384. The number of benzene rings is 1. The molecule has 0 amide bonds. The average molecular weight is 289 g/mol. The maximum Gasteiger partial charge on any atom is 0.270 e. The quantitative estimate of drug-likeness (QED) is 0.645. The van der Waals surface area contributed by atoms with Gasteiger partial charge in [-0.1, -0.05) is 6.92 Å². The Morgan fingerprint density at radius 2 is 2.31 bits per heavy atom. The van der Waals surface area contributed by atoms with Crippen molar-refractivity contribution in [3.8, 4) is 0 Å². The second-order valence-electron chi connectivity index (χ2n) is 3.35. The number of nitrogens with zero attached hydrogens (tertiary/aromatic N) is 1. The maximum atomic E-state index is 10.5. The van der Waals surface area contributed by atoms with E-state index in [9.17, 15) is 10.1 Å². The Balaban J connectivity index is 2.86. The van der Waals surface area contributed by atoms with E-state index in [-0.39, 0.29) is 18.3 Å². The fourth-order valence-electron chi connectivity index (χ4n) is 1.23. The largest absolute Gasteiger partial charge is 0.394 e. The van der Waals surface area contributed by atoms with Gasteiger partial charge in [-0.05, 0) is 28.4 Å². The molecule has 0 aromatic heterocycles. The number of rotatable bonds is 5. The van der Waals surface area contributed by atoms with Crippen molar-refractivity contribution in [2.45, 2.75) is 19.4 Å². The number of halogens is 1.